The Bertz CT molecular complexity index is 448. The van der Waals surface area contributed by atoms with Crippen molar-refractivity contribution in [3.8, 4) is 0 Å². The molecule has 0 aliphatic heterocycles. The Morgan fingerprint density at radius 1 is 1.24 bits per heavy atom. The van der Waals surface area contributed by atoms with E-state index in [2.05, 4.69) is 10.6 Å². The van der Waals surface area contributed by atoms with Crippen LogP contribution in [0.4, 0.5) is 0 Å². The van der Waals surface area contributed by atoms with Crippen LogP contribution in [0.3, 0.4) is 0 Å². The summed E-state index contributed by atoms with van der Waals surface area (Å²) in [6, 6.07) is 8.86. The Morgan fingerprint density at radius 2 is 1.90 bits per heavy atom. The quantitative estimate of drug-likeness (QED) is 0.645. The smallest absolute Gasteiger partial charge is 0.326 e. The van der Waals surface area contributed by atoms with Crippen LogP contribution in [0.15, 0.2) is 30.3 Å². The predicted molar refractivity (Wildman–Crippen MR) is 82.1 cm³/mol. The van der Waals surface area contributed by atoms with Crippen LogP contribution in [-0.4, -0.2) is 35.6 Å². The lowest BCUT2D eigenvalue weighted by Crippen LogP contribution is -2.43. The zero-order valence-electron chi connectivity index (χ0n) is 12.6. The molecule has 1 amide bonds. The fourth-order valence-electron chi connectivity index (χ4n) is 2.17. The summed E-state index contributed by atoms with van der Waals surface area (Å²) in [5, 5.41) is 14.9. The summed E-state index contributed by atoms with van der Waals surface area (Å²) in [6.45, 7) is 4.65. The minimum absolute atomic E-state index is 0.0403. The van der Waals surface area contributed by atoms with Crippen molar-refractivity contribution in [1.29, 1.82) is 0 Å². The lowest BCUT2D eigenvalue weighted by Gasteiger charge is -2.17. The van der Waals surface area contributed by atoms with E-state index in [1.165, 1.54) is 0 Å². The first-order valence-corrected chi connectivity index (χ1v) is 7.32. The minimum Gasteiger partial charge on any atom is -0.480 e. The van der Waals surface area contributed by atoms with E-state index < -0.39 is 12.0 Å². The first-order chi connectivity index (χ1) is 10.0. The van der Waals surface area contributed by atoms with E-state index in [4.69, 9.17) is 0 Å². The van der Waals surface area contributed by atoms with Crippen molar-refractivity contribution in [3.05, 3.63) is 35.9 Å². The second-order valence-electron chi connectivity index (χ2n) is 5.15. The molecule has 2 atom stereocenters. The maximum Gasteiger partial charge on any atom is 0.326 e. The van der Waals surface area contributed by atoms with Crippen molar-refractivity contribution in [1.82, 2.24) is 10.6 Å². The van der Waals surface area contributed by atoms with Gasteiger partial charge in [0.15, 0.2) is 0 Å². The average Bonchev–Trinajstić information content (AvgIpc) is 2.44. The van der Waals surface area contributed by atoms with Gasteiger partial charge in [0.1, 0.15) is 6.04 Å². The average molecular weight is 292 g/mol. The van der Waals surface area contributed by atoms with Gasteiger partial charge in [0.25, 0.3) is 0 Å². The van der Waals surface area contributed by atoms with Gasteiger partial charge in [0, 0.05) is 12.5 Å². The maximum absolute atomic E-state index is 11.8. The molecule has 5 heteroatoms. The summed E-state index contributed by atoms with van der Waals surface area (Å²) < 4.78 is 0. The van der Waals surface area contributed by atoms with Crippen molar-refractivity contribution in [3.63, 3.8) is 0 Å². The molecule has 0 fully saturated rings. The molecule has 0 saturated heterocycles. The summed E-state index contributed by atoms with van der Waals surface area (Å²) in [6.07, 6.45) is 1.30. The molecule has 3 N–H and O–H groups in total. The van der Waals surface area contributed by atoms with Gasteiger partial charge in [-0.1, -0.05) is 37.3 Å². The van der Waals surface area contributed by atoms with Crippen molar-refractivity contribution < 1.29 is 14.7 Å². The number of carbonyl (C=O) groups excluding carboxylic acids is 1. The van der Waals surface area contributed by atoms with Gasteiger partial charge in [-0.3, -0.25) is 4.79 Å². The van der Waals surface area contributed by atoms with E-state index in [9.17, 15) is 14.7 Å². The van der Waals surface area contributed by atoms with Crippen LogP contribution in [0.2, 0.25) is 0 Å². The molecular formula is C16H24N2O3. The highest BCUT2D eigenvalue weighted by Crippen LogP contribution is 2.06. The molecule has 0 aliphatic rings. The highest BCUT2D eigenvalue weighted by atomic mass is 16.4. The fraction of sp³-hybridized carbons (Fsp3) is 0.500. The number of amides is 1. The van der Waals surface area contributed by atoms with Gasteiger partial charge in [-0.2, -0.15) is 0 Å². The third-order valence-corrected chi connectivity index (χ3v) is 3.24. The molecule has 2 unspecified atom stereocenters. The SMILES string of the molecule is CCNC(C)CC(=O)NC(CCc1ccccc1)C(=O)O. The van der Waals surface area contributed by atoms with Crippen LogP contribution in [0, 0.1) is 0 Å². The summed E-state index contributed by atoms with van der Waals surface area (Å²) >= 11 is 0. The van der Waals surface area contributed by atoms with Gasteiger partial charge >= 0.3 is 5.97 Å². The molecule has 1 rings (SSSR count). The van der Waals surface area contributed by atoms with Crippen molar-refractivity contribution >= 4 is 11.9 Å². The fourth-order valence-corrected chi connectivity index (χ4v) is 2.17. The van der Waals surface area contributed by atoms with Crippen molar-refractivity contribution in [2.45, 2.75) is 45.2 Å². The Balaban J connectivity index is 2.46. The largest absolute Gasteiger partial charge is 0.480 e. The highest BCUT2D eigenvalue weighted by Gasteiger charge is 2.20. The van der Waals surface area contributed by atoms with Gasteiger partial charge in [0.05, 0.1) is 0 Å². The van der Waals surface area contributed by atoms with Gasteiger partial charge < -0.3 is 15.7 Å². The van der Waals surface area contributed by atoms with Crippen LogP contribution < -0.4 is 10.6 Å². The van der Waals surface area contributed by atoms with E-state index in [-0.39, 0.29) is 18.4 Å². The lowest BCUT2D eigenvalue weighted by molar-refractivity contribution is -0.142. The molecule has 0 radical (unpaired) electrons. The highest BCUT2D eigenvalue weighted by molar-refractivity contribution is 5.83. The van der Waals surface area contributed by atoms with E-state index in [1.54, 1.807) is 0 Å². The maximum atomic E-state index is 11.8. The van der Waals surface area contributed by atoms with Crippen LogP contribution in [0.5, 0.6) is 0 Å². The molecule has 0 bridgehead atoms. The molecule has 0 aliphatic carbocycles. The molecule has 0 aromatic heterocycles. The number of benzene rings is 1. The lowest BCUT2D eigenvalue weighted by atomic mass is 10.0. The molecule has 0 spiro atoms. The number of carboxylic acids is 1. The van der Waals surface area contributed by atoms with Gasteiger partial charge in [-0.25, -0.2) is 4.79 Å². The zero-order valence-corrected chi connectivity index (χ0v) is 12.6. The minimum atomic E-state index is -0.990. The molecule has 5 nitrogen and oxygen atoms in total. The van der Waals surface area contributed by atoms with Crippen LogP contribution in [-0.2, 0) is 16.0 Å². The first-order valence-electron chi connectivity index (χ1n) is 7.32. The second-order valence-corrected chi connectivity index (χ2v) is 5.15. The number of carboxylic acid groups (broad SMARTS) is 1. The zero-order chi connectivity index (χ0) is 15.7. The molecule has 0 heterocycles. The van der Waals surface area contributed by atoms with Crippen molar-refractivity contribution in [2.24, 2.45) is 0 Å². The van der Waals surface area contributed by atoms with E-state index >= 15 is 0 Å². The standard InChI is InChI=1S/C16H24N2O3/c1-3-17-12(2)11-15(19)18-14(16(20)21)10-9-13-7-5-4-6-8-13/h4-8,12,14,17H,3,9-11H2,1-2H3,(H,18,19)(H,20,21). The van der Waals surface area contributed by atoms with Gasteiger partial charge in [-0.05, 0) is 31.9 Å². The normalized spacial score (nSPS) is 13.4. The predicted octanol–water partition coefficient (Wildman–Crippen LogP) is 1.58. The Morgan fingerprint density at radius 3 is 2.48 bits per heavy atom. The van der Waals surface area contributed by atoms with E-state index in [1.807, 2.05) is 44.2 Å². The summed E-state index contributed by atoms with van der Waals surface area (Å²) in [4.78, 5) is 23.1. The first kappa shape index (κ1) is 17.2. The number of hydrogen-bond acceptors (Lipinski definition) is 3. The van der Waals surface area contributed by atoms with Gasteiger partial charge in [-0.15, -0.1) is 0 Å². The molecule has 1 aromatic rings. The van der Waals surface area contributed by atoms with Crippen LogP contribution in [0.25, 0.3) is 0 Å². The number of aryl methyl sites for hydroxylation is 1. The summed E-state index contributed by atoms with van der Waals surface area (Å²) in [5.74, 6) is -1.22. The van der Waals surface area contributed by atoms with Gasteiger partial charge in [0.2, 0.25) is 5.91 Å². The topological polar surface area (TPSA) is 78.4 Å². The summed E-state index contributed by atoms with van der Waals surface area (Å²) in [7, 11) is 0. The van der Waals surface area contributed by atoms with Crippen LogP contribution in [0.1, 0.15) is 32.3 Å². The molecule has 1 aromatic carbocycles. The number of hydrogen-bond donors (Lipinski definition) is 3. The molecule has 116 valence electrons. The molecular weight excluding hydrogens is 268 g/mol. The van der Waals surface area contributed by atoms with E-state index in [0.717, 1.165) is 12.1 Å². The third kappa shape index (κ3) is 6.90. The van der Waals surface area contributed by atoms with Crippen molar-refractivity contribution in [2.75, 3.05) is 6.54 Å². The molecule has 0 saturated carbocycles. The number of aliphatic carboxylic acids is 1. The number of rotatable bonds is 9. The monoisotopic (exact) mass is 292 g/mol. The Labute approximate surface area is 125 Å². The number of carbonyl (C=O) groups is 2. The Hall–Kier alpha value is -1.88. The number of nitrogens with one attached hydrogen (secondary N) is 2. The summed E-state index contributed by atoms with van der Waals surface area (Å²) in [5.41, 5.74) is 1.07. The molecule has 21 heavy (non-hydrogen) atoms. The van der Waals surface area contributed by atoms with E-state index in [0.29, 0.717) is 12.8 Å². The van der Waals surface area contributed by atoms with Crippen LogP contribution >= 0.6 is 0 Å². The second kappa shape index (κ2) is 9.13. The third-order valence-electron chi connectivity index (χ3n) is 3.24. The Kier molecular flexibility index (Phi) is 7.46.